The number of furan rings is 1. The number of nitrogens with zero attached hydrogens (tertiary/aromatic N) is 4. The minimum atomic E-state index is -0.369. The molecule has 8 nitrogen and oxygen atoms in total. The van der Waals surface area contributed by atoms with Crippen LogP contribution in [0.1, 0.15) is 37.6 Å². The van der Waals surface area contributed by atoms with Crippen molar-refractivity contribution in [2.45, 2.75) is 26.2 Å². The number of H-pyrrole nitrogens is 1. The maximum absolute atomic E-state index is 15.5. The summed E-state index contributed by atoms with van der Waals surface area (Å²) in [6, 6.07) is 8.93. The first kappa shape index (κ1) is 24.5. The highest BCUT2D eigenvalue weighted by Crippen LogP contribution is 2.39. The molecule has 0 bridgehead atoms. The summed E-state index contributed by atoms with van der Waals surface area (Å²) < 4.78 is 20.8. The molecule has 39 heavy (non-hydrogen) atoms. The normalized spacial score (nSPS) is 12.9. The summed E-state index contributed by atoms with van der Waals surface area (Å²) in [5.41, 5.74) is 7.20. The molecule has 0 unspecified atom stereocenters. The molecule has 0 radical (unpaired) electrons. The quantitative estimate of drug-likeness (QED) is 0.256. The molecule has 5 aromatic rings. The van der Waals surface area contributed by atoms with Gasteiger partial charge in [-0.15, -0.1) is 0 Å². The molecule has 9 heteroatoms. The number of aromatic nitrogens is 4. The van der Waals surface area contributed by atoms with Crippen molar-refractivity contribution < 1.29 is 13.6 Å². The van der Waals surface area contributed by atoms with Gasteiger partial charge in [0.25, 0.3) is 0 Å². The number of benzene rings is 1. The van der Waals surface area contributed by atoms with E-state index in [-0.39, 0.29) is 11.7 Å². The van der Waals surface area contributed by atoms with Gasteiger partial charge in [-0.2, -0.15) is 0 Å². The number of fused-ring (bicyclic) bond motifs is 2. The van der Waals surface area contributed by atoms with Crippen LogP contribution in [0.5, 0.6) is 0 Å². The summed E-state index contributed by atoms with van der Waals surface area (Å²) >= 11 is 0. The fraction of sp³-hybridized carbons (Fsp3) is 0.200. The Hall–Kier alpha value is -4.79. The molecule has 0 saturated heterocycles. The molecule has 0 saturated carbocycles. The minimum absolute atomic E-state index is 0.0816. The van der Waals surface area contributed by atoms with Gasteiger partial charge in [0, 0.05) is 71.5 Å². The second-order valence-corrected chi connectivity index (χ2v) is 9.62. The third kappa shape index (κ3) is 4.67. The number of anilines is 2. The van der Waals surface area contributed by atoms with Crippen LogP contribution in [0, 0.1) is 5.82 Å². The van der Waals surface area contributed by atoms with Crippen molar-refractivity contribution in [3.63, 3.8) is 0 Å². The second kappa shape index (κ2) is 10.2. The van der Waals surface area contributed by atoms with Gasteiger partial charge in [-0.05, 0) is 36.8 Å². The van der Waals surface area contributed by atoms with Crippen molar-refractivity contribution in [3.05, 3.63) is 84.7 Å². The topological polar surface area (TPSA) is 99.9 Å². The number of unbranched alkanes of at least 4 members (excludes halogenated alkanes) is 1. The van der Waals surface area contributed by atoms with Crippen LogP contribution >= 0.6 is 0 Å². The van der Waals surface area contributed by atoms with Crippen LogP contribution in [0.3, 0.4) is 0 Å². The molecule has 1 aliphatic heterocycles. The predicted molar refractivity (Wildman–Crippen MR) is 150 cm³/mol. The molecule has 2 N–H and O–H groups in total. The first-order chi connectivity index (χ1) is 19.0. The van der Waals surface area contributed by atoms with Crippen LogP contribution in [0.2, 0.25) is 0 Å². The summed E-state index contributed by atoms with van der Waals surface area (Å²) in [6.45, 7) is 2.63. The molecule has 0 spiro atoms. The van der Waals surface area contributed by atoms with E-state index in [0.717, 1.165) is 46.3 Å². The summed E-state index contributed by atoms with van der Waals surface area (Å²) in [5.74, 6) is 0.198. The number of hydrogen-bond acceptors (Lipinski definition) is 6. The van der Waals surface area contributed by atoms with E-state index in [9.17, 15) is 4.79 Å². The maximum Gasteiger partial charge on any atom is 0.224 e. The Kier molecular flexibility index (Phi) is 6.40. The van der Waals surface area contributed by atoms with Gasteiger partial charge < -0.3 is 19.6 Å². The fourth-order valence-electron chi connectivity index (χ4n) is 4.89. The van der Waals surface area contributed by atoms with Crippen LogP contribution in [0.25, 0.3) is 39.0 Å². The molecular formula is C30H27FN6O2. The number of carbonyl (C=O) groups is 1. The number of amides is 1. The van der Waals surface area contributed by atoms with E-state index in [4.69, 9.17) is 9.40 Å². The molecule has 0 atom stereocenters. The number of imidazole rings is 1. The lowest BCUT2D eigenvalue weighted by Gasteiger charge is -2.27. The fourth-order valence-corrected chi connectivity index (χ4v) is 4.89. The van der Waals surface area contributed by atoms with E-state index in [2.05, 4.69) is 26.3 Å². The molecular weight excluding hydrogens is 495 g/mol. The molecule has 0 aliphatic carbocycles. The van der Waals surface area contributed by atoms with Gasteiger partial charge in [-0.1, -0.05) is 19.4 Å². The number of nitrogens with one attached hydrogen (secondary N) is 2. The molecule has 6 rings (SSSR count). The zero-order valence-corrected chi connectivity index (χ0v) is 21.7. The van der Waals surface area contributed by atoms with Crippen LogP contribution in [0.4, 0.5) is 15.8 Å². The van der Waals surface area contributed by atoms with Gasteiger partial charge in [0.05, 0.1) is 29.9 Å². The van der Waals surface area contributed by atoms with Crippen LogP contribution in [0.15, 0.2) is 71.9 Å². The highest BCUT2D eigenvalue weighted by molar-refractivity contribution is 5.95. The van der Waals surface area contributed by atoms with Gasteiger partial charge in [-0.3, -0.25) is 9.78 Å². The Bertz CT molecular complexity index is 1710. The van der Waals surface area contributed by atoms with E-state index in [1.165, 1.54) is 0 Å². The van der Waals surface area contributed by atoms with E-state index >= 15 is 4.39 Å². The first-order valence-corrected chi connectivity index (χ1v) is 12.9. The van der Waals surface area contributed by atoms with E-state index in [1.54, 1.807) is 43.2 Å². The number of hydrogen-bond donors (Lipinski definition) is 2. The SMILES string of the molecule is CCCCC(=O)Nc1cncc(-c2cc3c(cc2F)N(C)CC=C3c2nc3nccc(-c4ccoc4)c3[nH]2)c1. The highest BCUT2D eigenvalue weighted by Gasteiger charge is 2.24. The predicted octanol–water partition coefficient (Wildman–Crippen LogP) is 6.43. The average molecular weight is 523 g/mol. The molecule has 1 aliphatic rings. The van der Waals surface area contributed by atoms with Gasteiger partial charge in [0.15, 0.2) is 5.65 Å². The first-order valence-electron chi connectivity index (χ1n) is 12.9. The lowest BCUT2D eigenvalue weighted by atomic mass is 9.94. The number of pyridine rings is 2. The van der Waals surface area contributed by atoms with Crippen LogP contribution < -0.4 is 10.2 Å². The monoisotopic (exact) mass is 522 g/mol. The van der Waals surface area contributed by atoms with Crippen molar-refractivity contribution in [1.82, 2.24) is 19.9 Å². The Morgan fingerprint density at radius 1 is 1.15 bits per heavy atom. The molecule has 1 aromatic carbocycles. The van der Waals surface area contributed by atoms with Crippen LogP contribution in [-0.4, -0.2) is 39.4 Å². The number of likely N-dealkylation sites (N-methyl/N-ethyl adjacent to an activating group) is 1. The Morgan fingerprint density at radius 3 is 2.87 bits per heavy atom. The number of aromatic amines is 1. The van der Waals surface area contributed by atoms with E-state index < -0.39 is 0 Å². The average Bonchev–Trinajstić information content (AvgIpc) is 3.63. The Balaban J connectivity index is 1.40. The zero-order valence-electron chi connectivity index (χ0n) is 21.7. The number of halogens is 1. The van der Waals surface area contributed by atoms with Gasteiger partial charge in [0.2, 0.25) is 5.91 Å². The Morgan fingerprint density at radius 2 is 2.05 bits per heavy atom. The summed E-state index contributed by atoms with van der Waals surface area (Å²) in [6.07, 6.45) is 12.5. The molecule has 0 fully saturated rings. The third-order valence-corrected chi connectivity index (χ3v) is 6.93. The van der Waals surface area contributed by atoms with Gasteiger partial charge in [-0.25, -0.2) is 14.4 Å². The lowest BCUT2D eigenvalue weighted by molar-refractivity contribution is -0.116. The van der Waals surface area contributed by atoms with Crippen molar-refractivity contribution in [2.24, 2.45) is 0 Å². The minimum Gasteiger partial charge on any atom is -0.472 e. The zero-order chi connectivity index (χ0) is 26.9. The van der Waals surface area contributed by atoms with E-state index in [1.807, 2.05) is 37.1 Å². The Labute approximate surface area is 224 Å². The molecule has 5 heterocycles. The van der Waals surface area contributed by atoms with Crippen molar-refractivity contribution in [1.29, 1.82) is 0 Å². The molecule has 4 aromatic heterocycles. The van der Waals surface area contributed by atoms with Crippen molar-refractivity contribution >= 4 is 34.0 Å². The van der Waals surface area contributed by atoms with Gasteiger partial charge in [0.1, 0.15) is 11.6 Å². The number of carbonyl (C=O) groups excluding carboxylic acids is 1. The maximum atomic E-state index is 15.5. The lowest BCUT2D eigenvalue weighted by Crippen LogP contribution is -2.22. The molecule has 1 amide bonds. The second-order valence-electron chi connectivity index (χ2n) is 9.62. The number of rotatable bonds is 7. The van der Waals surface area contributed by atoms with Crippen molar-refractivity contribution in [2.75, 3.05) is 23.8 Å². The summed E-state index contributed by atoms with van der Waals surface area (Å²) in [7, 11) is 1.93. The van der Waals surface area contributed by atoms with Crippen LogP contribution in [-0.2, 0) is 4.79 Å². The van der Waals surface area contributed by atoms with Gasteiger partial charge >= 0.3 is 0 Å². The summed E-state index contributed by atoms with van der Waals surface area (Å²) in [5, 5.41) is 2.87. The third-order valence-electron chi connectivity index (χ3n) is 6.93. The summed E-state index contributed by atoms with van der Waals surface area (Å²) in [4.78, 5) is 31.2. The largest absolute Gasteiger partial charge is 0.472 e. The highest BCUT2D eigenvalue weighted by atomic mass is 19.1. The standard InChI is InChI=1S/C30H27FN6O2/c1-3-4-5-27(38)34-20-12-19(15-32-16-20)23-13-24-22(7-10-37(2)26(24)14-25(23)31)29-35-28-21(18-8-11-39-17-18)6-9-33-30(28)36-29/h6-9,11-17H,3-5,10H2,1-2H3,(H,34,38)(H,33,35,36). The molecule has 196 valence electrons. The smallest absolute Gasteiger partial charge is 0.224 e. The van der Waals surface area contributed by atoms with Crippen molar-refractivity contribution in [3.8, 4) is 22.3 Å². The van der Waals surface area contributed by atoms with E-state index in [0.29, 0.717) is 41.3 Å².